The molecule has 0 fully saturated rings. The Bertz CT molecular complexity index is 493. The van der Waals surface area contributed by atoms with Gasteiger partial charge in [-0.3, -0.25) is 0 Å². The molecule has 1 atom stereocenters. The van der Waals surface area contributed by atoms with E-state index in [1.54, 1.807) is 11.3 Å². The highest BCUT2D eigenvalue weighted by Gasteiger charge is 2.16. The largest absolute Gasteiger partial charge is 0.372 e. The molecule has 0 radical (unpaired) electrons. The predicted molar refractivity (Wildman–Crippen MR) is 67.0 cm³/mol. The molecule has 3 heteroatoms. The van der Waals surface area contributed by atoms with Gasteiger partial charge in [0.1, 0.15) is 0 Å². The van der Waals surface area contributed by atoms with E-state index in [0.29, 0.717) is 0 Å². The van der Waals surface area contributed by atoms with E-state index in [1.165, 1.54) is 16.0 Å². The summed E-state index contributed by atoms with van der Waals surface area (Å²) in [7, 11) is 0. The van der Waals surface area contributed by atoms with Crippen LogP contribution in [0.4, 0.5) is 0 Å². The minimum Gasteiger partial charge on any atom is -0.372 e. The van der Waals surface area contributed by atoms with Crippen molar-refractivity contribution in [3.63, 3.8) is 0 Å². The summed E-state index contributed by atoms with van der Waals surface area (Å²) in [5, 5.41) is 2.02. The second-order valence-corrected chi connectivity index (χ2v) is 5.31. The number of hydrogen-bond acceptors (Lipinski definition) is 2. The van der Waals surface area contributed by atoms with Crippen LogP contribution in [0.15, 0.2) is 35.7 Å². The zero-order chi connectivity index (χ0) is 11.0. The predicted octanol–water partition coefficient (Wildman–Crippen LogP) is 4.11. The molecule has 82 valence electrons. The van der Waals surface area contributed by atoms with E-state index >= 15 is 0 Å². The molecule has 0 saturated carbocycles. The van der Waals surface area contributed by atoms with Crippen LogP contribution in [0.25, 0.3) is 0 Å². The monoisotopic (exact) mass is 250 g/mol. The highest BCUT2D eigenvalue weighted by molar-refractivity contribution is 7.10. The van der Waals surface area contributed by atoms with Crippen LogP contribution in [0.5, 0.6) is 0 Å². The first kappa shape index (κ1) is 10.3. The zero-order valence-corrected chi connectivity index (χ0v) is 10.2. The van der Waals surface area contributed by atoms with Crippen LogP contribution in [-0.4, -0.2) is 0 Å². The summed E-state index contributed by atoms with van der Waals surface area (Å²) in [4.78, 5) is 1.19. The van der Waals surface area contributed by atoms with Crippen molar-refractivity contribution < 1.29 is 4.74 Å². The van der Waals surface area contributed by atoms with Crippen molar-refractivity contribution in [1.82, 2.24) is 0 Å². The minimum absolute atomic E-state index is 0.0362. The molecule has 0 aliphatic carbocycles. The molecule has 1 aromatic heterocycles. The van der Waals surface area contributed by atoms with Gasteiger partial charge in [-0.05, 0) is 28.1 Å². The fraction of sp³-hybridized carbons (Fsp3) is 0.231. The van der Waals surface area contributed by atoms with Gasteiger partial charge in [0.25, 0.3) is 0 Å². The second kappa shape index (κ2) is 4.21. The third-order valence-corrected chi connectivity index (χ3v) is 4.38. The number of fused-ring (bicyclic) bond motifs is 1. The summed E-state index contributed by atoms with van der Waals surface area (Å²) in [6, 6.07) is 10.5. The lowest BCUT2D eigenvalue weighted by Gasteiger charge is -2.09. The first-order chi connectivity index (χ1) is 7.84. The summed E-state index contributed by atoms with van der Waals surface area (Å²) in [6.45, 7) is 1.46. The van der Waals surface area contributed by atoms with E-state index in [4.69, 9.17) is 16.3 Å². The summed E-state index contributed by atoms with van der Waals surface area (Å²) < 4.78 is 5.40. The van der Waals surface area contributed by atoms with Crippen molar-refractivity contribution in [2.75, 3.05) is 0 Å². The normalized spacial score (nSPS) is 16.1. The average molecular weight is 251 g/mol. The SMILES string of the molecule is ClC(c1ccc2c(c1)COC2)c1cccs1. The van der Waals surface area contributed by atoms with E-state index in [-0.39, 0.29) is 5.38 Å². The molecule has 2 heterocycles. The molecule has 0 spiro atoms. The Balaban J connectivity index is 1.95. The number of thiophene rings is 1. The smallest absolute Gasteiger partial charge is 0.0927 e. The molecule has 0 bridgehead atoms. The van der Waals surface area contributed by atoms with Gasteiger partial charge in [0.15, 0.2) is 0 Å². The third kappa shape index (κ3) is 1.77. The maximum atomic E-state index is 6.44. The average Bonchev–Trinajstić information content (AvgIpc) is 2.98. The number of alkyl halides is 1. The van der Waals surface area contributed by atoms with Gasteiger partial charge in [-0.1, -0.05) is 24.3 Å². The van der Waals surface area contributed by atoms with Gasteiger partial charge < -0.3 is 4.74 Å². The fourth-order valence-electron chi connectivity index (χ4n) is 1.95. The first-order valence-corrected chi connectivity index (χ1v) is 6.53. The summed E-state index contributed by atoms with van der Waals surface area (Å²) in [5.41, 5.74) is 3.73. The standard InChI is InChI=1S/C13H11ClOS/c14-13(12-2-1-5-16-12)9-3-4-10-7-15-8-11(10)6-9/h1-6,13H,7-8H2. The Labute approximate surface area is 104 Å². The van der Waals surface area contributed by atoms with Gasteiger partial charge in [0, 0.05) is 4.88 Å². The van der Waals surface area contributed by atoms with Crippen LogP contribution in [0.3, 0.4) is 0 Å². The Morgan fingerprint density at radius 3 is 2.88 bits per heavy atom. The Morgan fingerprint density at radius 2 is 2.06 bits per heavy atom. The van der Waals surface area contributed by atoms with Gasteiger partial charge in [0.2, 0.25) is 0 Å². The molecular formula is C13H11ClOS. The lowest BCUT2D eigenvalue weighted by atomic mass is 10.0. The maximum absolute atomic E-state index is 6.44. The van der Waals surface area contributed by atoms with Crippen molar-refractivity contribution in [3.05, 3.63) is 57.3 Å². The highest BCUT2D eigenvalue weighted by Crippen LogP contribution is 2.33. The van der Waals surface area contributed by atoms with E-state index < -0.39 is 0 Å². The first-order valence-electron chi connectivity index (χ1n) is 5.21. The lowest BCUT2D eigenvalue weighted by Crippen LogP contribution is -1.92. The van der Waals surface area contributed by atoms with E-state index in [0.717, 1.165) is 18.8 Å². The molecule has 1 aliphatic heterocycles. The van der Waals surface area contributed by atoms with Gasteiger partial charge in [-0.25, -0.2) is 0 Å². The Kier molecular flexibility index (Phi) is 2.72. The zero-order valence-electron chi connectivity index (χ0n) is 8.65. The van der Waals surface area contributed by atoms with Gasteiger partial charge in [-0.15, -0.1) is 22.9 Å². The number of hydrogen-bond donors (Lipinski definition) is 0. The quantitative estimate of drug-likeness (QED) is 0.729. The summed E-state index contributed by atoms with van der Waals surface area (Å²) >= 11 is 8.14. The molecule has 0 amide bonds. The number of benzene rings is 1. The summed E-state index contributed by atoms with van der Waals surface area (Å²) in [5.74, 6) is 0. The molecule has 0 saturated heterocycles. The molecule has 1 unspecified atom stereocenters. The van der Waals surface area contributed by atoms with Crippen LogP contribution in [0.1, 0.15) is 26.9 Å². The van der Waals surface area contributed by atoms with Crippen molar-refractivity contribution in [2.24, 2.45) is 0 Å². The van der Waals surface area contributed by atoms with Crippen LogP contribution in [-0.2, 0) is 18.0 Å². The summed E-state index contributed by atoms with van der Waals surface area (Å²) in [6.07, 6.45) is 0. The van der Waals surface area contributed by atoms with Crippen molar-refractivity contribution >= 4 is 22.9 Å². The second-order valence-electron chi connectivity index (χ2n) is 3.90. The minimum atomic E-state index is -0.0362. The van der Waals surface area contributed by atoms with E-state index in [2.05, 4.69) is 29.6 Å². The number of ether oxygens (including phenoxy) is 1. The molecule has 2 aromatic rings. The molecule has 1 aliphatic rings. The number of halogens is 1. The molecule has 1 nitrogen and oxygen atoms in total. The maximum Gasteiger partial charge on any atom is 0.0927 e. The topological polar surface area (TPSA) is 9.23 Å². The van der Waals surface area contributed by atoms with Crippen LogP contribution >= 0.6 is 22.9 Å². The van der Waals surface area contributed by atoms with Gasteiger partial charge >= 0.3 is 0 Å². The van der Waals surface area contributed by atoms with Crippen LogP contribution in [0.2, 0.25) is 0 Å². The molecule has 16 heavy (non-hydrogen) atoms. The Hall–Kier alpha value is -0.830. The third-order valence-electron chi connectivity index (χ3n) is 2.83. The van der Waals surface area contributed by atoms with E-state index in [1.807, 2.05) is 6.07 Å². The number of rotatable bonds is 2. The van der Waals surface area contributed by atoms with Crippen molar-refractivity contribution in [1.29, 1.82) is 0 Å². The fourth-order valence-corrected chi connectivity index (χ4v) is 3.04. The van der Waals surface area contributed by atoms with Crippen LogP contribution in [0, 0.1) is 0 Å². The van der Waals surface area contributed by atoms with E-state index in [9.17, 15) is 0 Å². The molecular weight excluding hydrogens is 240 g/mol. The van der Waals surface area contributed by atoms with Crippen LogP contribution < -0.4 is 0 Å². The molecule has 1 aromatic carbocycles. The Morgan fingerprint density at radius 1 is 1.19 bits per heavy atom. The highest BCUT2D eigenvalue weighted by atomic mass is 35.5. The molecule has 0 N–H and O–H groups in total. The lowest BCUT2D eigenvalue weighted by molar-refractivity contribution is 0.134. The van der Waals surface area contributed by atoms with Crippen molar-refractivity contribution in [2.45, 2.75) is 18.6 Å². The molecule has 3 rings (SSSR count). The van der Waals surface area contributed by atoms with Gasteiger partial charge in [-0.2, -0.15) is 0 Å². The van der Waals surface area contributed by atoms with Crippen molar-refractivity contribution in [3.8, 4) is 0 Å². The van der Waals surface area contributed by atoms with Gasteiger partial charge in [0.05, 0.1) is 18.6 Å².